The lowest BCUT2D eigenvalue weighted by Crippen LogP contribution is -2.30. The van der Waals surface area contributed by atoms with Crippen molar-refractivity contribution in [2.24, 2.45) is 0 Å². The lowest BCUT2D eigenvalue weighted by Gasteiger charge is -2.13. The number of thioether (sulfide) groups is 1. The van der Waals surface area contributed by atoms with E-state index in [9.17, 15) is 19.7 Å². The number of esters is 1. The lowest BCUT2D eigenvalue weighted by atomic mass is 10.2. The first-order valence-electron chi connectivity index (χ1n) is 7.07. The first-order chi connectivity index (χ1) is 11.4. The van der Waals surface area contributed by atoms with Crippen molar-refractivity contribution < 1.29 is 19.2 Å². The largest absolute Gasteiger partial charge is 0.466 e. The monoisotopic (exact) mass is 366 g/mol. The Morgan fingerprint density at radius 1 is 1.50 bits per heavy atom. The molecule has 1 aromatic rings. The SMILES string of the molecule is CCOC(=O)CCN1C(=O)/C(=C/c2cccc([N+](=O)[O-])c2)SC1=S. The summed E-state index contributed by atoms with van der Waals surface area (Å²) in [6.45, 7) is 2.14. The zero-order valence-electron chi connectivity index (χ0n) is 12.8. The number of carbonyl (C=O) groups excluding carboxylic acids is 2. The first kappa shape index (κ1) is 18.1. The first-order valence-corrected chi connectivity index (χ1v) is 8.30. The van der Waals surface area contributed by atoms with Gasteiger partial charge < -0.3 is 4.74 Å². The molecule has 1 heterocycles. The van der Waals surface area contributed by atoms with E-state index >= 15 is 0 Å². The number of benzene rings is 1. The summed E-state index contributed by atoms with van der Waals surface area (Å²) in [5, 5.41) is 10.8. The summed E-state index contributed by atoms with van der Waals surface area (Å²) in [7, 11) is 0. The molecule has 0 radical (unpaired) electrons. The van der Waals surface area contributed by atoms with E-state index in [2.05, 4.69) is 0 Å². The van der Waals surface area contributed by atoms with Gasteiger partial charge in [-0.05, 0) is 18.6 Å². The third kappa shape index (κ3) is 4.39. The highest BCUT2D eigenvalue weighted by Crippen LogP contribution is 2.33. The lowest BCUT2D eigenvalue weighted by molar-refractivity contribution is -0.384. The molecule has 1 fully saturated rings. The van der Waals surface area contributed by atoms with Crippen LogP contribution in [-0.4, -0.2) is 39.2 Å². The molecule has 1 amide bonds. The van der Waals surface area contributed by atoms with Crippen molar-refractivity contribution in [3.05, 3.63) is 44.8 Å². The summed E-state index contributed by atoms with van der Waals surface area (Å²) < 4.78 is 5.17. The molecule has 24 heavy (non-hydrogen) atoms. The number of thiocarbonyl (C=S) groups is 1. The molecule has 9 heteroatoms. The summed E-state index contributed by atoms with van der Waals surface area (Å²) in [5.74, 6) is -0.713. The van der Waals surface area contributed by atoms with Crippen LogP contribution in [0.4, 0.5) is 5.69 Å². The number of hydrogen-bond acceptors (Lipinski definition) is 7. The molecular formula is C15H14N2O5S2. The molecule has 1 saturated heterocycles. The number of ether oxygens (including phenoxy) is 1. The van der Waals surface area contributed by atoms with Gasteiger partial charge in [-0.3, -0.25) is 24.6 Å². The minimum absolute atomic E-state index is 0.0541. The number of carbonyl (C=O) groups is 2. The van der Waals surface area contributed by atoms with E-state index in [0.29, 0.717) is 14.8 Å². The van der Waals surface area contributed by atoms with Crippen LogP contribution in [0.2, 0.25) is 0 Å². The second kappa shape index (κ2) is 8.02. The van der Waals surface area contributed by atoms with Gasteiger partial charge in [0.2, 0.25) is 0 Å². The summed E-state index contributed by atoms with van der Waals surface area (Å²) in [4.78, 5) is 35.8. The molecule has 1 aliphatic heterocycles. The molecule has 1 aromatic carbocycles. The van der Waals surface area contributed by atoms with E-state index in [-0.39, 0.29) is 31.2 Å². The number of nitrogens with zero attached hydrogens (tertiary/aromatic N) is 2. The minimum atomic E-state index is -0.498. The van der Waals surface area contributed by atoms with Gasteiger partial charge in [0.05, 0.1) is 22.9 Å². The van der Waals surface area contributed by atoms with E-state index in [0.717, 1.165) is 11.8 Å². The standard InChI is InChI=1S/C15H14N2O5S2/c1-2-22-13(18)6-7-16-14(19)12(24-15(16)23)9-10-4-3-5-11(8-10)17(20)21/h3-5,8-9H,2,6-7H2,1H3/b12-9-. The average molecular weight is 366 g/mol. The minimum Gasteiger partial charge on any atom is -0.466 e. The van der Waals surface area contributed by atoms with Crippen LogP contribution in [0.5, 0.6) is 0 Å². The van der Waals surface area contributed by atoms with E-state index in [1.54, 1.807) is 25.1 Å². The van der Waals surface area contributed by atoms with Gasteiger partial charge in [-0.1, -0.05) is 36.1 Å². The summed E-state index contributed by atoms with van der Waals surface area (Å²) in [5.41, 5.74) is 0.483. The van der Waals surface area contributed by atoms with Crippen molar-refractivity contribution in [2.75, 3.05) is 13.2 Å². The van der Waals surface area contributed by atoms with Gasteiger partial charge in [0, 0.05) is 18.7 Å². The molecule has 0 spiro atoms. The van der Waals surface area contributed by atoms with E-state index in [1.807, 2.05) is 0 Å². The Hall–Kier alpha value is -2.26. The quantitative estimate of drug-likeness (QED) is 0.251. The Labute approximate surface area is 147 Å². The Kier molecular flexibility index (Phi) is 6.04. The van der Waals surface area contributed by atoms with Crippen molar-refractivity contribution in [1.82, 2.24) is 4.90 Å². The Bertz CT molecular complexity index is 732. The number of rotatable bonds is 6. The van der Waals surface area contributed by atoms with Gasteiger partial charge >= 0.3 is 5.97 Å². The van der Waals surface area contributed by atoms with Gasteiger partial charge in [0.15, 0.2) is 0 Å². The molecule has 7 nitrogen and oxygen atoms in total. The summed E-state index contributed by atoms with van der Waals surface area (Å²) >= 11 is 6.26. The predicted molar refractivity (Wildman–Crippen MR) is 94.2 cm³/mol. The molecule has 0 N–H and O–H groups in total. The van der Waals surface area contributed by atoms with Gasteiger partial charge in [0.25, 0.3) is 11.6 Å². The summed E-state index contributed by atoms with van der Waals surface area (Å²) in [6, 6.07) is 5.97. The molecule has 0 aromatic heterocycles. The van der Waals surface area contributed by atoms with Crippen molar-refractivity contribution in [1.29, 1.82) is 0 Å². The fourth-order valence-corrected chi connectivity index (χ4v) is 3.32. The van der Waals surface area contributed by atoms with E-state index in [1.165, 1.54) is 17.0 Å². The van der Waals surface area contributed by atoms with E-state index < -0.39 is 10.9 Å². The van der Waals surface area contributed by atoms with Crippen LogP contribution >= 0.6 is 24.0 Å². The fraction of sp³-hybridized carbons (Fsp3) is 0.267. The highest BCUT2D eigenvalue weighted by atomic mass is 32.2. The number of nitro benzene ring substituents is 1. The topological polar surface area (TPSA) is 89.8 Å². The van der Waals surface area contributed by atoms with Crippen LogP contribution in [0.3, 0.4) is 0 Å². The Morgan fingerprint density at radius 2 is 2.25 bits per heavy atom. The van der Waals surface area contributed by atoms with E-state index in [4.69, 9.17) is 17.0 Å². The van der Waals surface area contributed by atoms with Gasteiger partial charge in [0.1, 0.15) is 4.32 Å². The van der Waals surface area contributed by atoms with Crippen molar-refractivity contribution in [2.45, 2.75) is 13.3 Å². The second-order valence-corrected chi connectivity index (χ2v) is 6.42. The average Bonchev–Trinajstić information content (AvgIpc) is 2.80. The van der Waals surface area contributed by atoms with Crippen LogP contribution in [0.1, 0.15) is 18.9 Å². The number of non-ortho nitro benzene ring substituents is 1. The molecule has 0 unspecified atom stereocenters. The number of hydrogen-bond donors (Lipinski definition) is 0. The van der Waals surface area contributed by atoms with Crippen molar-refractivity contribution in [3.63, 3.8) is 0 Å². The number of amides is 1. The smallest absolute Gasteiger partial charge is 0.307 e. The van der Waals surface area contributed by atoms with Crippen LogP contribution in [-0.2, 0) is 14.3 Å². The Balaban J connectivity index is 2.11. The maximum absolute atomic E-state index is 12.4. The van der Waals surface area contributed by atoms with Gasteiger partial charge in [-0.25, -0.2) is 0 Å². The predicted octanol–water partition coefficient (Wildman–Crippen LogP) is 2.75. The fourth-order valence-electron chi connectivity index (χ4n) is 2.01. The maximum atomic E-state index is 12.4. The molecule has 2 rings (SSSR count). The molecule has 0 atom stereocenters. The van der Waals surface area contributed by atoms with Crippen molar-refractivity contribution >= 4 is 51.9 Å². The second-order valence-electron chi connectivity index (χ2n) is 4.74. The molecule has 0 aliphatic carbocycles. The van der Waals surface area contributed by atoms with Gasteiger partial charge in [-0.15, -0.1) is 0 Å². The zero-order chi connectivity index (χ0) is 17.7. The molecule has 0 bridgehead atoms. The maximum Gasteiger partial charge on any atom is 0.307 e. The molecular weight excluding hydrogens is 352 g/mol. The zero-order valence-corrected chi connectivity index (χ0v) is 14.4. The third-order valence-corrected chi connectivity index (χ3v) is 4.48. The van der Waals surface area contributed by atoms with Gasteiger partial charge in [-0.2, -0.15) is 0 Å². The summed E-state index contributed by atoms with van der Waals surface area (Å²) in [6.07, 6.45) is 1.61. The molecule has 126 valence electrons. The van der Waals surface area contributed by atoms with Crippen molar-refractivity contribution in [3.8, 4) is 0 Å². The normalized spacial score (nSPS) is 15.9. The van der Waals surface area contributed by atoms with Crippen LogP contribution in [0.15, 0.2) is 29.2 Å². The molecule has 0 saturated carbocycles. The third-order valence-electron chi connectivity index (χ3n) is 3.10. The van der Waals surface area contributed by atoms with Crippen LogP contribution in [0, 0.1) is 10.1 Å². The molecule has 1 aliphatic rings. The Morgan fingerprint density at radius 3 is 2.92 bits per heavy atom. The van der Waals surface area contributed by atoms with Crippen LogP contribution in [0.25, 0.3) is 6.08 Å². The van der Waals surface area contributed by atoms with Crippen LogP contribution < -0.4 is 0 Å². The number of nitro groups is 1. The highest BCUT2D eigenvalue weighted by Gasteiger charge is 2.32. The highest BCUT2D eigenvalue weighted by molar-refractivity contribution is 8.26.